The molecule has 3 rings (SSSR count). The smallest absolute Gasteiger partial charge is 0.314 e. The summed E-state index contributed by atoms with van der Waals surface area (Å²) < 4.78 is 8.37. The number of nitrogens with zero attached hydrogens (tertiary/aromatic N) is 4. The summed E-state index contributed by atoms with van der Waals surface area (Å²) in [6.45, 7) is 3.35. The van der Waals surface area contributed by atoms with E-state index in [0.29, 0.717) is 30.2 Å². The van der Waals surface area contributed by atoms with Crippen LogP contribution in [0.1, 0.15) is 28.2 Å². The summed E-state index contributed by atoms with van der Waals surface area (Å²) in [5, 5.41) is 12.3. The average Bonchev–Trinajstić information content (AvgIpc) is 3.31. The number of aromatic nitrogens is 3. The number of carbonyl (C=O) groups is 3. The van der Waals surface area contributed by atoms with Crippen LogP contribution < -0.4 is 10.6 Å². The normalized spacial score (nSPS) is 14.9. The van der Waals surface area contributed by atoms with Gasteiger partial charge in [-0.1, -0.05) is 9.64 Å². The van der Waals surface area contributed by atoms with E-state index in [1.807, 2.05) is 0 Å². The van der Waals surface area contributed by atoms with E-state index in [4.69, 9.17) is 0 Å². The van der Waals surface area contributed by atoms with Crippen LogP contribution in [0.3, 0.4) is 0 Å². The van der Waals surface area contributed by atoms with Crippen molar-refractivity contribution in [2.75, 3.05) is 25.0 Å². The highest BCUT2D eigenvalue weighted by Crippen LogP contribution is 2.20. The summed E-state index contributed by atoms with van der Waals surface area (Å²) in [6, 6.07) is 1.44. The Bertz CT molecular complexity index is 782. The van der Waals surface area contributed by atoms with Crippen LogP contribution in [0.4, 0.5) is 5.82 Å². The van der Waals surface area contributed by atoms with Crippen LogP contribution in [-0.2, 0) is 9.59 Å². The van der Waals surface area contributed by atoms with Crippen LogP contribution in [0.15, 0.2) is 16.9 Å². The zero-order chi connectivity index (χ0) is 18.5. The summed E-state index contributed by atoms with van der Waals surface area (Å²) in [7, 11) is 0. The van der Waals surface area contributed by atoms with Crippen molar-refractivity contribution in [2.24, 2.45) is 5.92 Å². The van der Waals surface area contributed by atoms with E-state index in [1.165, 1.54) is 12.3 Å². The molecule has 2 aromatic heterocycles. The molecule has 1 aliphatic rings. The third-order valence-corrected chi connectivity index (χ3v) is 5.00. The van der Waals surface area contributed by atoms with Crippen LogP contribution in [0.2, 0.25) is 0 Å². The fourth-order valence-corrected chi connectivity index (χ4v) is 3.30. The minimum atomic E-state index is -0.792. The first-order valence-electron chi connectivity index (χ1n) is 8.12. The molecular weight excluding hydrogens is 360 g/mol. The number of amides is 3. The topological polar surface area (TPSA) is 130 Å². The lowest BCUT2D eigenvalue weighted by atomic mass is 9.96. The first-order valence-corrected chi connectivity index (χ1v) is 8.89. The summed E-state index contributed by atoms with van der Waals surface area (Å²) in [6.07, 6.45) is 2.80. The highest BCUT2D eigenvalue weighted by Gasteiger charge is 2.26. The molecule has 2 aromatic rings. The molecular formula is C15H18N6O4S. The van der Waals surface area contributed by atoms with Crippen LogP contribution in [0.5, 0.6) is 0 Å². The Morgan fingerprint density at radius 2 is 2.08 bits per heavy atom. The largest absolute Gasteiger partial charge is 0.363 e. The predicted octanol–water partition coefficient (Wildman–Crippen LogP) is 0.442. The van der Waals surface area contributed by atoms with Gasteiger partial charge in [-0.2, -0.15) is 0 Å². The number of nitrogens with one attached hydrogen (secondary N) is 2. The van der Waals surface area contributed by atoms with Gasteiger partial charge in [-0.3, -0.25) is 19.7 Å². The number of anilines is 1. The highest BCUT2D eigenvalue weighted by atomic mass is 32.1. The minimum absolute atomic E-state index is 0.0491. The molecule has 0 aliphatic carbocycles. The van der Waals surface area contributed by atoms with E-state index >= 15 is 0 Å². The van der Waals surface area contributed by atoms with Gasteiger partial charge < -0.3 is 14.7 Å². The van der Waals surface area contributed by atoms with E-state index in [0.717, 1.165) is 24.4 Å². The summed E-state index contributed by atoms with van der Waals surface area (Å²) >= 11 is 1.11. The van der Waals surface area contributed by atoms with E-state index < -0.39 is 11.8 Å². The van der Waals surface area contributed by atoms with Crippen molar-refractivity contribution in [3.8, 4) is 0 Å². The molecule has 0 spiro atoms. The minimum Gasteiger partial charge on any atom is -0.363 e. The lowest BCUT2D eigenvalue weighted by Crippen LogP contribution is -2.43. The van der Waals surface area contributed by atoms with Gasteiger partial charge in [0.2, 0.25) is 0 Å². The lowest BCUT2D eigenvalue weighted by molar-refractivity contribution is -0.136. The Kier molecular flexibility index (Phi) is 5.56. The SMILES string of the molecule is Cc1nnsc1C(=O)N1CCC(CNC(=O)C(=O)Nc2ccon2)CC1. The first kappa shape index (κ1) is 18.0. The van der Waals surface area contributed by atoms with Gasteiger partial charge in [0.05, 0.1) is 5.69 Å². The van der Waals surface area contributed by atoms with Gasteiger partial charge in [0.1, 0.15) is 11.1 Å². The number of carbonyl (C=O) groups excluding carboxylic acids is 3. The van der Waals surface area contributed by atoms with Gasteiger partial charge in [0.15, 0.2) is 5.82 Å². The molecule has 1 aliphatic heterocycles. The molecule has 0 radical (unpaired) electrons. The Labute approximate surface area is 153 Å². The van der Waals surface area contributed by atoms with Gasteiger partial charge >= 0.3 is 11.8 Å². The molecule has 3 heterocycles. The number of hydrogen-bond acceptors (Lipinski definition) is 8. The number of hydrogen-bond donors (Lipinski definition) is 2. The molecule has 10 nitrogen and oxygen atoms in total. The molecule has 26 heavy (non-hydrogen) atoms. The second-order valence-corrected chi connectivity index (χ2v) is 6.73. The molecule has 1 fully saturated rings. The molecule has 0 bridgehead atoms. The highest BCUT2D eigenvalue weighted by molar-refractivity contribution is 7.07. The quantitative estimate of drug-likeness (QED) is 0.738. The second kappa shape index (κ2) is 8.04. The summed E-state index contributed by atoms with van der Waals surface area (Å²) in [5.74, 6) is -1.17. The second-order valence-electron chi connectivity index (χ2n) is 5.97. The van der Waals surface area contributed by atoms with Crippen LogP contribution in [0, 0.1) is 12.8 Å². The molecule has 2 N–H and O–H groups in total. The van der Waals surface area contributed by atoms with Gasteiger partial charge in [-0.05, 0) is 37.2 Å². The van der Waals surface area contributed by atoms with Gasteiger partial charge in [0, 0.05) is 25.7 Å². The maximum atomic E-state index is 12.4. The monoisotopic (exact) mass is 378 g/mol. The van der Waals surface area contributed by atoms with Crippen molar-refractivity contribution in [1.82, 2.24) is 25.0 Å². The molecule has 11 heteroatoms. The fraction of sp³-hybridized carbons (Fsp3) is 0.467. The number of piperidine rings is 1. The number of aryl methyl sites for hydroxylation is 1. The molecule has 0 aromatic carbocycles. The van der Waals surface area contributed by atoms with Crippen molar-refractivity contribution in [3.63, 3.8) is 0 Å². The lowest BCUT2D eigenvalue weighted by Gasteiger charge is -2.31. The van der Waals surface area contributed by atoms with Crippen molar-refractivity contribution in [2.45, 2.75) is 19.8 Å². The molecule has 138 valence electrons. The Morgan fingerprint density at radius 1 is 1.31 bits per heavy atom. The van der Waals surface area contributed by atoms with Crippen molar-refractivity contribution < 1.29 is 18.9 Å². The molecule has 3 amide bonds. The molecule has 0 unspecified atom stereocenters. The Hall–Kier alpha value is -2.82. The van der Waals surface area contributed by atoms with Crippen LogP contribution in [0.25, 0.3) is 0 Å². The van der Waals surface area contributed by atoms with Gasteiger partial charge in [-0.15, -0.1) is 5.10 Å². The maximum Gasteiger partial charge on any atom is 0.314 e. The van der Waals surface area contributed by atoms with Crippen LogP contribution in [-0.4, -0.2) is 57.0 Å². The summed E-state index contributed by atoms with van der Waals surface area (Å²) in [4.78, 5) is 38.3. The van der Waals surface area contributed by atoms with Crippen LogP contribution >= 0.6 is 11.5 Å². The van der Waals surface area contributed by atoms with E-state index in [-0.39, 0.29) is 17.6 Å². The first-order chi connectivity index (χ1) is 12.5. The van der Waals surface area contributed by atoms with Crippen molar-refractivity contribution in [3.05, 3.63) is 22.9 Å². The van der Waals surface area contributed by atoms with Crippen molar-refractivity contribution >= 4 is 35.1 Å². The Balaban J connectivity index is 1.41. The zero-order valence-corrected chi connectivity index (χ0v) is 14.9. The van der Waals surface area contributed by atoms with E-state index in [2.05, 4.69) is 29.9 Å². The van der Waals surface area contributed by atoms with Gasteiger partial charge in [0.25, 0.3) is 5.91 Å². The third-order valence-electron chi connectivity index (χ3n) is 4.18. The Morgan fingerprint density at radius 3 is 2.69 bits per heavy atom. The van der Waals surface area contributed by atoms with Gasteiger partial charge in [-0.25, -0.2) is 0 Å². The van der Waals surface area contributed by atoms with E-state index in [9.17, 15) is 14.4 Å². The maximum absolute atomic E-state index is 12.4. The predicted molar refractivity (Wildman–Crippen MR) is 91.4 cm³/mol. The molecule has 0 atom stereocenters. The summed E-state index contributed by atoms with van der Waals surface area (Å²) in [5.41, 5.74) is 0.646. The molecule has 1 saturated heterocycles. The standard InChI is InChI=1S/C15H18N6O4S/c1-9-12(26-20-18-9)15(24)21-5-2-10(3-6-21)8-16-13(22)14(23)17-11-4-7-25-19-11/h4,7,10H,2-3,5-6,8H2,1H3,(H,16,22)(H,17,19,23). The average molecular weight is 378 g/mol. The van der Waals surface area contributed by atoms with E-state index in [1.54, 1.807) is 11.8 Å². The third kappa shape index (κ3) is 4.23. The van der Waals surface area contributed by atoms with Crippen molar-refractivity contribution in [1.29, 1.82) is 0 Å². The number of rotatable bonds is 4. The number of likely N-dealkylation sites (tertiary alicyclic amines) is 1. The fourth-order valence-electron chi connectivity index (χ4n) is 2.68. The zero-order valence-electron chi connectivity index (χ0n) is 14.1. The molecule has 0 saturated carbocycles.